The second kappa shape index (κ2) is 3.81. The molecule has 0 aromatic carbocycles. The van der Waals surface area contributed by atoms with Crippen molar-refractivity contribution in [3.8, 4) is 0 Å². The number of rotatable bonds is 0. The molecule has 0 amide bonds. The lowest BCUT2D eigenvalue weighted by Gasteiger charge is -2.45. The second-order valence-electron chi connectivity index (χ2n) is 7.49. The predicted octanol–water partition coefficient (Wildman–Crippen LogP) is 2.85. The van der Waals surface area contributed by atoms with Crippen molar-refractivity contribution in [3.63, 3.8) is 0 Å². The van der Waals surface area contributed by atoms with Gasteiger partial charge in [0.15, 0.2) is 11.4 Å². The molecular weight excluding hydrogens is 295 g/mol. The zero-order valence-electron chi connectivity index (χ0n) is 13.4. The Morgan fingerprint density at radius 1 is 0.905 bits per heavy atom. The van der Waals surface area contributed by atoms with Crippen LogP contribution in [0.3, 0.4) is 0 Å². The van der Waals surface area contributed by atoms with Crippen molar-refractivity contribution in [1.82, 2.24) is 0 Å². The third-order valence-corrected chi connectivity index (χ3v) is 6.92. The lowest BCUT2D eigenvalue weighted by Crippen LogP contribution is -2.62. The number of hydrogen-bond acceptors (Lipinski definition) is 6. The van der Waals surface area contributed by atoms with Gasteiger partial charge in [-0.2, -0.15) is 0 Å². The molecule has 4 heterocycles. The number of fused-ring (bicyclic) bond motifs is 5. The molecule has 0 aromatic rings. The van der Waals surface area contributed by atoms with Crippen molar-refractivity contribution in [2.45, 2.75) is 82.4 Å². The van der Waals surface area contributed by atoms with Gasteiger partial charge in [-0.05, 0) is 41.5 Å². The van der Waals surface area contributed by atoms with Gasteiger partial charge < -0.3 is 23.3 Å². The van der Waals surface area contributed by atoms with Crippen molar-refractivity contribution in [2.24, 2.45) is 0 Å². The van der Waals surface area contributed by atoms with Crippen LogP contribution in [0, 0.1) is 0 Å². The van der Waals surface area contributed by atoms with Crippen molar-refractivity contribution >= 4 is 8.60 Å². The van der Waals surface area contributed by atoms with E-state index in [1.807, 2.05) is 34.6 Å². The fourth-order valence-electron chi connectivity index (χ4n) is 4.33. The van der Waals surface area contributed by atoms with Crippen molar-refractivity contribution < 1.29 is 27.8 Å². The molecule has 0 unspecified atom stereocenters. The maximum atomic E-state index is 6.44. The highest BCUT2D eigenvalue weighted by Crippen LogP contribution is 2.69. The molecule has 4 fully saturated rings. The molecule has 21 heavy (non-hydrogen) atoms. The topological polar surface area (TPSA) is 55.4 Å². The first kappa shape index (κ1) is 14.8. The maximum Gasteiger partial charge on any atom is 0.333 e. The molecule has 0 saturated carbocycles. The molecule has 7 heteroatoms. The third-order valence-electron chi connectivity index (χ3n) is 5.57. The van der Waals surface area contributed by atoms with Crippen LogP contribution in [0.2, 0.25) is 0 Å². The SMILES string of the molecule is CC1(C)O[C@@]2(C)O[C@]3(C)C[C@@H]4CO[P@](O4)O[C@@]3(C)[C@]2(C)O1. The van der Waals surface area contributed by atoms with Gasteiger partial charge in [0.25, 0.3) is 0 Å². The number of hydrogen-bond donors (Lipinski definition) is 0. The van der Waals surface area contributed by atoms with Crippen molar-refractivity contribution in [2.75, 3.05) is 6.61 Å². The molecule has 0 aromatic heterocycles. The minimum atomic E-state index is -1.36. The Kier molecular flexibility index (Phi) is 2.68. The Balaban J connectivity index is 1.83. The summed E-state index contributed by atoms with van der Waals surface area (Å²) in [7, 11) is -1.36. The Morgan fingerprint density at radius 3 is 2.33 bits per heavy atom. The highest BCUT2D eigenvalue weighted by Gasteiger charge is 2.81. The zero-order valence-corrected chi connectivity index (χ0v) is 14.3. The van der Waals surface area contributed by atoms with Gasteiger partial charge in [0, 0.05) is 6.42 Å². The summed E-state index contributed by atoms with van der Waals surface area (Å²) in [6.45, 7) is 12.4. The first-order valence-corrected chi connectivity index (χ1v) is 8.52. The van der Waals surface area contributed by atoms with Gasteiger partial charge in [0.1, 0.15) is 11.2 Å². The van der Waals surface area contributed by atoms with E-state index in [4.69, 9.17) is 27.8 Å². The van der Waals surface area contributed by atoms with Crippen LogP contribution in [0.4, 0.5) is 0 Å². The summed E-state index contributed by atoms with van der Waals surface area (Å²) in [6, 6.07) is 0. The van der Waals surface area contributed by atoms with E-state index >= 15 is 0 Å². The van der Waals surface area contributed by atoms with E-state index < -0.39 is 37.0 Å². The molecule has 6 atom stereocenters. The van der Waals surface area contributed by atoms with E-state index in [1.54, 1.807) is 0 Å². The highest BCUT2D eigenvalue weighted by atomic mass is 31.2. The quantitative estimate of drug-likeness (QED) is 0.640. The van der Waals surface area contributed by atoms with E-state index in [9.17, 15) is 0 Å². The molecule has 4 rings (SSSR count). The molecule has 4 aliphatic heterocycles. The molecule has 6 nitrogen and oxygen atoms in total. The highest BCUT2D eigenvalue weighted by molar-refractivity contribution is 7.42. The molecule has 4 saturated heterocycles. The van der Waals surface area contributed by atoms with Gasteiger partial charge in [-0.25, -0.2) is 0 Å². The standard InChI is InChI=1S/C14H23O6P/c1-10(2)17-13(5)12(4)11(3,19-14(13,6)18-10)7-9-8-15-21(16-9)20-12/h9H,7-8H2,1-6H3/t9-,11-,12-,13+,14+,21-/m1/s1. The first-order chi connectivity index (χ1) is 9.53. The summed E-state index contributed by atoms with van der Waals surface area (Å²) in [6.07, 6.45) is 0.697. The Hall–Kier alpha value is 0.190. The lowest BCUT2D eigenvalue weighted by atomic mass is 9.72. The summed E-state index contributed by atoms with van der Waals surface area (Å²) >= 11 is 0. The minimum Gasteiger partial charge on any atom is -0.338 e. The van der Waals surface area contributed by atoms with Gasteiger partial charge >= 0.3 is 8.60 Å². The van der Waals surface area contributed by atoms with Crippen LogP contribution in [0.5, 0.6) is 0 Å². The van der Waals surface area contributed by atoms with Gasteiger partial charge in [0.2, 0.25) is 5.79 Å². The van der Waals surface area contributed by atoms with E-state index in [1.165, 1.54) is 0 Å². The summed E-state index contributed by atoms with van der Waals surface area (Å²) in [4.78, 5) is 0. The predicted molar refractivity (Wildman–Crippen MR) is 74.4 cm³/mol. The normalized spacial score (nSPS) is 61.4. The van der Waals surface area contributed by atoms with E-state index in [2.05, 4.69) is 6.92 Å². The molecule has 0 N–H and O–H groups in total. The average molecular weight is 318 g/mol. The second-order valence-corrected chi connectivity index (χ2v) is 8.59. The summed E-state index contributed by atoms with van der Waals surface area (Å²) in [5.74, 6) is -1.59. The summed E-state index contributed by atoms with van der Waals surface area (Å²) < 4.78 is 36.6. The molecule has 0 spiro atoms. The van der Waals surface area contributed by atoms with E-state index in [0.29, 0.717) is 13.0 Å². The van der Waals surface area contributed by atoms with Crippen LogP contribution in [-0.2, 0) is 27.8 Å². The van der Waals surface area contributed by atoms with E-state index in [0.717, 1.165) is 0 Å². The number of ether oxygens (including phenoxy) is 3. The van der Waals surface area contributed by atoms with E-state index in [-0.39, 0.29) is 6.10 Å². The van der Waals surface area contributed by atoms with Crippen LogP contribution in [0.25, 0.3) is 0 Å². The Bertz CT molecular complexity index is 500. The van der Waals surface area contributed by atoms with Crippen LogP contribution < -0.4 is 0 Å². The molecule has 2 bridgehead atoms. The van der Waals surface area contributed by atoms with Crippen molar-refractivity contribution in [1.29, 1.82) is 0 Å². The summed E-state index contributed by atoms with van der Waals surface area (Å²) in [5.41, 5.74) is -2.03. The summed E-state index contributed by atoms with van der Waals surface area (Å²) in [5, 5.41) is 0. The molecule has 0 radical (unpaired) electrons. The maximum absolute atomic E-state index is 6.44. The zero-order chi connectivity index (χ0) is 15.3. The smallest absolute Gasteiger partial charge is 0.333 e. The Morgan fingerprint density at radius 2 is 1.62 bits per heavy atom. The van der Waals surface area contributed by atoms with Crippen LogP contribution in [0.1, 0.15) is 48.0 Å². The molecule has 120 valence electrons. The van der Waals surface area contributed by atoms with Gasteiger partial charge in [-0.15, -0.1) is 0 Å². The van der Waals surface area contributed by atoms with Crippen LogP contribution in [0.15, 0.2) is 0 Å². The molecule has 0 aliphatic carbocycles. The third kappa shape index (κ3) is 1.62. The molecule has 4 aliphatic rings. The fourth-order valence-corrected chi connectivity index (χ4v) is 5.82. The van der Waals surface area contributed by atoms with Gasteiger partial charge in [0.05, 0.1) is 12.7 Å². The lowest BCUT2D eigenvalue weighted by molar-refractivity contribution is -0.284. The molecular formula is C14H23O6P. The first-order valence-electron chi connectivity index (χ1n) is 7.42. The average Bonchev–Trinajstić information content (AvgIpc) is 2.78. The largest absolute Gasteiger partial charge is 0.338 e. The Labute approximate surface area is 126 Å². The van der Waals surface area contributed by atoms with Crippen molar-refractivity contribution in [3.05, 3.63) is 0 Å². The van der Waals surface area contributed by atoms with Gasteiger partial charge in [-0.3, -0.25) is 4.52 Å². The minimum absolute atomic E-state index is 0.00183. The fraction of sp³-hybridized carbons (Fsp3) is 1.00. The van der Waals surface area contributed by atoms with Crippen LogP contribution in [-0.4, -0.2) is 41.1 Å². The monoisotopic (exact) mass is 318 g/mol. The van der Waals surface area contributed by atoms with Crippen LogP contribution >= 0.6 is 8.60 Å². The van der Waals surface area contributed by atoms with Gasteiger partial charge in [-0.1, -0.05) is 0 Å².